The lowest BCUT2D eigenvalue weighted by Crippen LogP contribution is -2.55. The van der Waals surface area contributed by atoms with E-state index in [1.54, 1.807) is 11.3 Å². The fraction of sp³-hybridized carbons (Fsp3) is 0.545. The topological polar surface area (TPSA) is 48.9 Å². The smallest absolute Gasteiger partial charge is 0.409 e. The summed E-state index contributed by atoms with van der Waals surface area (Å²) in [5, 5.41) is 3.36. The number of aromatic nitrogens is 1. The van der Waals surface area contributed by atoms with E-state index in [9.17, 15) is 4.79 Å². The second-order valence-electron chi connectivity index (χ2n) is 7.75. The largest absolute Gasteiger partial charge is 0.450 e. The van der Waals surface area contributed by atoms with Crippen LogP contribution in [-0.4, -0.2) is 77.7 Å². The third-order valence-corrected chi connectivity index (χ3v) is 6.65. The number of rotatable bonds is 5. The third kappa shape index (κ3) is 5.15. The normalized spacial score (nSPS) is 21.3. The number of ether oxygens (including phenoxy) is 1. The van der Waals surface area contributed by atoms with Crippen molar-refractivity contribution in [3.8, 4) is 11.3 Å². The van der Waals surface area contributed by atoms with Crippen molar-refractivity contribution in [3.05, 3.63) is 40.7 Å². The van der Waals surface area contributed by atoms with Gasteiger partial charge in [-0.05, 0) is 26.3 Å². The highest BCUT2D eigenvalue weighted by Gasteiger charge is 2.30. The van der Waals surface area contributed by atoms with E-state index in [1.165, 1.54) is 23.4 Å². The van der Waals surface area contributed by atoms with Crippen LogP contribution in [0.15, 0.2) is 35.7 Å². The molecule has 0 radical (unpaired) electrons. The van der Waals surface area contributed by atoms with Gasteiger partial charge in [-0.25, -0.2) is 9.78 Å². The molecule has 2 fully saturated rings. The average molecular weight is 415 g/mol. The number of hydrogen-bond acceptors (Lipinski definition) is 6. The van der Waals surface area contributed by atoms with Crippen LogP contribution in [0, 0.1) is 0 Å². The van der Waals surface area contributed by atoms with Gasteiger partial charge in [0, 0.05) is 49.7 Å². The molecule has 4 rings (SSSR count). The van der Waals surface area contributed by atoms with Crippen LogP contribution < -0.4 is 0 Å². The fourth-order valence-corrected chi connectivity index (χ4v) is 5.12. The highest BCUT2D eigenvalue weighted by Crippen LogP contribution is 2.24. The second kappa shape index (κ2) is 9.69. The van der Waals surface area contributed by atoms with E-state index in [1.807, 2.05) is 17.9 Å². The summed E-state index contributed by atoms with van der Waals surface area (Å²) in [6.45, 7) is 8.86. The highest BCUT2D eigenvalue weighted by atomic mass is 32.1. The Bertz CT molecular complexity index is 789. The van der Waals surface area contributed by atoms with Crippen molar-refractivity contribution in [2.24, 2.45) is 0 Å². The van der Waals surface area contributed by atoms with Gasteiger partial charge < -0.3 is 9.64 Å². The number of amides is 1. The number of piperazine rings is 1. The van der Waals surface area contributed by atoms with Crippen LogP contribution in [0.4, 0.5) is 4.79 Å². The number of likely N-dealkylation sites (tertiary alicyclic amines) is 1. The van der Waals surface area contributed by atoms with Crippen LogP contribution in [0.2, 0.25) is 0 Å². The summed E-state index contributed by atoms with van der Waals surface area (Å²) in [7, 11) is 0. The molecule has 156 valence electrons. The predicted molar refractivity (Wildman–Crippen MR) is 116 cm³/mol. The molecule has 2 aromatic rings. The molecule has 0 saturated carbocycles. The van der Waals surface area contributed by atoms with Gasteiger partial charge in [-0.2, -0.15) is 0 Å². The number of nitrogens with zero attached hydrogens (tertiary/aromatic N) is 4. The second-order valence-corrected chi connectivity index (χ2v) is 8.69. The van der Waals surface area contributed by atoms with E-state index in [0.29, 0.717) is 12.6 Å². The van der Waals surface area contributed by atoms with Gasteiger partial charge >= 0.3 is 6.09 Å². The maximum Gasteiger partial charge on any atom is 0.409 e. The molecular formula is C22H30N4O2S. The Kier molecular flexibility index (Phi) is 6.79. The zero-order valence-corrected chi connectivity index (χ0v) is 17.9. The lowest BCUT2D eigenvalue weighted by atomic mass is 10.0. The Labute approximate surface area is 177 Å². The average Bonchev–Trinajstić information content (AvgIpc) is 3.23. The van der Waals surface area contributed by atoms with E-state index in [-0.39, 0.29) is 6.09 Å². The van der Waals surface area contributed by atoms with Crippen molar-refractivity contribution in [1.29, 1.82) is 0 Å². The summed E-state index contributed by atoms with van der Waals surface area (Å²) in [5.41, 5.74) is 2.26. The zero-order valence-electron chi connectivity index (χ0n) is 17.1. The van der Waals surface area contributed by atoms with Crippen molar-refractivity contribution in [3.63, 3.8) is 0 Å². The molecule has 2 aliphatic rings. The van der Waals surface area contributed by atoms with E-state index in [2.05, 4.69) is 39.4 Å². The SMILES string of the molecule is CCOC(=O)N1CCN(C2CCCN(Cc3nc(-c4ccccc4)cs3)C2)CC1. The number of hydrogen-bond donors (Lipinski definition) is 0. The zero-order chi connectivity index (χ0) is 20.1. The summed E-state index contributed by atoms with van der Waals surface area (Å²) in [6.07, 6.45) is 2.29. The Morgan fingerprint density at radius 3 is 2.72 bits per heavy atom. The first-order valence-electron chi connectivity index (χ1n) is 10.6. The lowest BCUT2D eigenvalue weighted by molar-refractivity contribution is 0.0412. The Hall–Kier alpha value is -1.96. The van der Waals surface area contributed by atoms with Crippen LogP contribution in [0.25, 0.3) is 11.3 Å². The van der Waals surface area contributed by atoms with Crippen molar-refractivity contribution >= 4 is 17.4 Å². The number of carbonyl (C=O) groups excluding carboxylic acids is 1. The Morgan fingerprint density at radius 1 is 1.17 bits per heavy atom. The van der Waals surface area contributed by atoms with E-state index in [0.717, 1.165) is 51.5 Å². The molecule has 2 aliphatic heterocycles. The lowest BCUT2D eigenvalue weighted by Gasteiger charge is -2.43. The standard InChI is InChI=1S/C22H30N4O2S/c1-2-28-22(27)26-13-11-25(12-14-26)19-9-6-10-24(15-19)16-21-23-20(17-29-21)18-7-4-3-5-8-18/h3-5,7-8,17,19H,2,6,9-16H2,1H3. The maximum atomic E-state index is 11.9. The molecule has 1 aromatic heterocycles. The molecule has 1 aromatic carbocycles. The predicted octanol–water partition coefficient (Wildman–Crippen LogP) is 3.55. The fourth-order valence-electron chi connectivity index (χ4n) is 4.27. The molecule has 7 heteroatoms. The van der Waals surface area contributed by atoms with Crippen molar-refractivity contribution in [2.45, 2.75) is 32.4 Å². The Balaban J connectivity index is 1.29. The first-order chi connectivity index (χ1) is 14.2. The van der Waals surface area contributed by atoms with Gasteiger partial charge in [0.05, 0.1) is 18.8 Å². The summed E-state index contributed by atoms with van der Waals surface area (Å²) in [4.78, 5) is 23.7. The van der Waals surface area contributed by atoms with E-state index in [4.69, 9.17) is 9.72 Å². The summed E-state index contributed by atoms with van der Waals surface area (Å²) < 4.78 is 5.13. The van der Waals surface area contributed by atoms with Gasteiger partial charge in [0.2, 0.25) is 0 Å². The van der Waals surface area contributed by atoms with Gasteiger partial charge in [0.15, 0.2) is 0 Å². The van der Waals surface area contributed by atoms with Gasteiger partial charge in [-0.3, -0.25) is 9.80 Å². The molecule has 0 N–H and O–H groups in total. The molecule has 3 heterocycles. The minimum absolute atomic E-state index is 0.171. The monoisotopic (exact) mass is 414 g/mol. The van der Waals surface area contributed by atoms with Crippen molar-refractivity contribution in [1.82, 2.24) is 19.7 Å². The molecule has 1 amide bonds. The number of benzene rings is 1. The van der Waals surface area contributed by atoms with E-state index < -0.39 is 0 Å². The van der Waals surface area contributed by atoms with Crippen LogP contribution in [0.1, 0.15) is 24.8 Å². The third-order valence-electron chi connectivity index (χ3n) is 5.82. The number of thiazole rings is 1. The molecule has 2 saturated heterocycles. The maximum absolute atomic E-state index is 11.9. The van der Waals surface area contributed by atoms with Gasteiger partial charge in [0.25, 0.3) is 0 Å². The van der Waals surface area contributed by atoms with E-state index >= 15 is 0 Å². The quantitative estimate of drug-likeness (QED) is 0.749. The summed E-state index contributed by atoms with van der Waals surface area (Å²) in [6, 6.07) is 11.0. The molecular weight excluding hydrogens is 384 g/mol. The van der Waals surface area contributed by atoms with Crippen LogP contribution >= 0.6 is 11.3 Å². The van der Waals surface area contributed by atoms with Crippen molar-refractivity contribution < 1.29 is 9.53 Å². The Morgan fingerprint density at radius 2 is 1.97 bits per heavy atom. The molecule has 1 atom stereocenters. The van der Waals surface area contributed by atoms with Crippen LogP contribution in [0.3, 0.4) is 0 Å². The van der Waals surface area contributed by atoms with Crippen molar-refractivity contribution in [2.75, 3.05) is 45.9 Å². The molecule has 0 spiro atoms. The molecule has 6 nitrogen and oxygen atoms in total. The van der Waals surface area contributed by atoms with Gasteiger partial charge in [-0.15, -0.1) is 11.3 Å². The molecule has 0 bridgehead atoms. The summed E-state index contributed by atoms with van der Waals surface area (Å²) >= 11 is 1.76. The first kappa shape index (κ1) is 20.3. The first-order valence-corrected chi connectivity index (χ1v) is 11.5. The van der Waals surface area contributed by atoms with Crippen LogP contribution in [-0.2, 0) is 11.3 Å². The molecule has 29 heavy (non-hydrogen) atoms. The van der Waals surface area contributed by atoms with Crippen LogP contribution in [0.5, 0.6) is 0 Å². The highest BCUT2D eigenvalue weighted by molar-refractivity contribution is 7.09. The minimum Gasteiger partial charge on any atom is -0.450 e. The molecule has 1 unspecified atom stereocenters. The molecule has 0 aliphatic carbocycles. The van der Waals surface area contributed by atoms with Gasteiger partial charge in [0.1, 0.15) is 5.01 Å². The van der Waals surface area contributed by atoms with Gasteiger partial charge in [-0.1, -0.05) is 30.3 Å². The minimum atomic E-state index is -0.171. The number of carbonyl (C=O) groups is 1. The summed E-state index contributed by atoms with van der Waals surface area (Å²) in [5.74, 6) is 0. The number of piperidine rings is 1.